The summed E-state index contributed by atoms with van der Waals surface area (Å²) in [4.78, 5) is 26.1. The summed E-state index contributed by atoms with van der Waals surface area (Å²) < 4.78 is 0. The molecule has 0 aliphatic carbocycles. The molecular formula is C14H18N3O2+. The van der Waals surface area contributed by atoms with Gasteiger partial charge in [0.15, 0.2) is 6.54 Å². The van der Waals surface area contributed by atoms with Crippen molar-refractivity contribution in [1.82, 2.24) is 10.2 Å². The zero-order chi connectivity index (χ0) is 13.2. The number of nitrogens with zero attached hydrogens (tertiary/aromatic N) is 1. The number of amides is 3. The Hall–Kier alpha value is -1.88. The van der Waals surface area contributed by atoms with Gasteiger partial charge in [-0.25, -0.2) is 4.79 Å². The van der Waals surface area contributed by atoms with E-state index in [4.69, 9.17) is 0 Å². The number of hydrogen-bond acceptors (Lipinski definition) is 2. The lowest BCUT2D eigenvalue weighted by molar-refractivity contribution is -0.908. The van der Waals surface area contributed by atoms with Crippen LogP contribution in [0, 0.1) is 0 Å². The lowest BCUT2D eigenvalue weighted by Crippen LogP contribution is -3.12. The van der Waals surface area contributed by atoms with Gasteiger partial charge in [0, 0.05) is 25.1 Å². The third-order valence-corrected chi connectivity index (χ3v) is 3.87. The average Bonchev–Trinajstić information content (AvgIpc) is 2.85. The van der Waals surface area contributed by atoms with Crippen LogP contribution in [0.25, 0.3) is 0 Å². The molecule has 2 aliphatic heterocycles. The first-order valence-corrected chi connectivity index (χ1v) is 6.72. The first-order chi connectivity index (χ1) is 9.24. The number of carbonyl (C=O) groups is 2. The molecule has 1 unspecified atom stereocenters. The standard InChI is InChI=1S/C14H17N3O2/c18-13(17-8-6-15-14(17)19)10-16-7-5-11-3-1-2-4-12(11)9-16/h1-4H,5-10H2,(H,15,19)/p+1. The highest BCUT2D eigenvalue weighted by molar-refractivity contribution is 5.96. The molecule has 100 valence electrons. The maximum Gasteiger partial charge on any atom is 0.324 e. The van der Waals surface area contributed by atoms with E-state index in [1.165, 1.54) is 20.9 Å². The topological polar surface area (TPSA) is 53.9 Å². The van der Waals surface area contributed by atoms with Gasteiger partial charge in [0.1, 0.15) is 6.54 Å². The molecule has 2 aliphatic rings. The van der Waals surface area contributed by atoms with E-state index in [1.807, 2.05) is 6.07 Å². The summed E-state index contributed by atoms with van der Waals surface area (Å²) in [6.45, 7) is 3.31. The van der Waals surface area contributed by atoms with Crippen LogP contribution in [0.15, 0.2) is 24.3 Å². The Labute approximate surface area is 112 Å². The van der Waals surface area contributed by atoms with E-state index >= 15 is 0 Å². The zero-order valence-corrected chi connectivity index (χ0v) is 10.8. The van der Waals surface area contributed by atoms with E-state index in [2.05, 4.69) is 23.5 Å². The quantitative estimate of drug-likeness (QED) is 0.730. The zero-order valence-electron chi connectivity index (χ0n) is 10.8. The molecule has 19 heavy (non-hydrogen) atoms. The Balaban J connectivity index is 1.63. The highest BCUT2D eigenvalue weighted by Gasteiger charge is 2.30. The number of nitrogens with one attached hydrogen (secondary N) is 2. The number of hydrogen-bond donors (Lipinski definition) is 2. The summed E-state index contributed by atoms with van der Waals surface area (Å²) in [5, 5.41) is 2.66. The number of fused-ring (bicyclic) bond motifs is 1. The van der Waals surface area contributed by atoms with Crippen molar-refractivity contribution in [3.8, 4) is 0 Å². The maximum absolute atomic E-state index is 12.1. The van der Waals surface area contributed by atoms with Gasteiger partial charge < -0.3 is 10.2 Å². The molecule has 0 bridgehead atoms. The normalized spacial score (nSPS) is 22.0. The molecule has 1 aromatic rings. The molecule has 2 N–H and O–H groups in total. The number of rotatable bonds is 2. The van der Waals surface area contributed by atoms with Crippen molar-refractivity contribution in [2.75, 3.05) is 26.2 Å². The van der Waals surface area contributed by atoms with Crippen molar-refractivity contribution >= 4 is 11.9 Å². The smallest absolute Gasteiger partial charge is 0.324 e. The van der Waals surface area contributed by atoms with Crippen LogP contribution in [-0.4, -0.2) is 43.0 Å². The van der Waals surface area contributed by atoms with Gasteiger partial charge in [-0.2, -0.15) is 0 Å². The number of benzene rings is 1. The van der Waals surface area contributed by atoms with E-state index < -0.39 is 0 Å². The third kappa shape index (κ3) is 2.46. The number of carbonyl (C=O) groups excluding carboxylic acids is 2. The van der Waals surface area contributed by atoms with Gasteiger partial charge in [-0.3, -0.25) is 9.69 Å². The Kier molecular flexibility index (Phi) is 3.21. The molecule has 1 saturated heterocycles. The molecule has 5 heteroatoms. The largest absolute Gasteiger partial charge is 0.336 e. The summed E-state index contributed by atoms with van der Waals surface area (Å²) in [7, 11) is 0. The van der Waals surface area contributed by atoms with E-state index in [1.54, 1.807) is 0 Å². The molecule has 3 rings (SSSR count). The monoisotopic (exact) mass is 260 g/mol. The van der Waals surface area contributed by atoms with Crippen molar-refractivity contribution in [1.29, 1.82) is 0 Å². The SMILES string of the molecule is O=C(C[NH+]1CCc2ccccc2C1)N1CCNC1=O. The molecule has 0 spiro atoms. The van der Waals surface area contributed by atoms with Crippen LogP contribution >= 0.6 is 0 Å². The summed E-state index contributed by atoms with van der Waals surface area (Å²) in [5.74, 6) is -0.0654. The first-order valence-electron chi connectivity index (χ1n) is 6.72. The van der Waals surface area contributed by atoms with Gasteiger partial charge in [-0.15, -0.1) is 0 Å². The second-order valence-corrected chi connectivity index (χ2v) is 5.15. The summed E-state index contributed by atoms with van der Waals surface area (Å²) >= 11 is 0. The molecule has 5 nitrogen and oxygen atoms in total. The predicted octanol–water partition coefficient (Wildman–Crippen LogP) is -0.821. The highest BCUT2D eigenvalue weighted by Crippen LogP contribution is 2.10. The van der Waals surface area contributed by atoms with Gasteiger partial charge in [0.2, 0.25) is 0 Å². The Morgan fingerprint density at radius 2 is 2.11 bits per heavy atom. The van der Waals surface area contributed by atoms with Crippen LogP contribution < -0.4 is 10.2 Å². The van der Waals surface area contributed by atoms with Crippen LogP contribution in [0.4, 0.5) is 4.79 Å². The van der Waals surface area contributed by atoms with Gasteiger partial charge in [-0.05, 0) is 5.56 Å². The highest BCUT2D eigenvalue weighted by atomic mass is 16.2. The van der Waals surface area contributed by atoms with E-state index in [9.17, 15) is 9.59 Å². The van der Waals surface area contributed by atoms with E-state index in [-0.39, 0.29) is 11.9 Å². The molecule has 2 heterocycles. The van der Waals surface area contributed by atoms with Gasteiger partial charge in [0.05, 0.1) is 6.54 Å². The fourth-order valence-corrected chi connectivity index (χ4v) is 2.81. The molecule has 1 atom stereocenters. The van der Waals surface area contributed by atoms with Crippen LogP contribution in [0.2, 0.25) is 0 Å². The number of quaternary nitrogens is 1. The predicted molar refractivity (Wildman–Crippen MR) is 69.7 cm³/mol. The minimum absolute atomic E-state index is 0.0654. The first kappa shape index (κ1) is 12.2. The van der Waals surface area contributed by atoms with Crippen LogP contribution in [0.3, 0.4) is 0 Å². The molecule has 0 aromatic heterocycles. The van der Waals surface area contributed by atoms with Crippen molar-refractivity contribution in [3.05, 3.63) is 35.4 Å². The third-order valence-electron chi connectivity index (χ3n) is 3.87. The van der Waals surface area contributed by atoms with E-state index in [0.29, 0.717) is 19.6 Å². The van der Waals surface area contributed by atoms with E-state index in [0.717, 1.165) is 19.5 Å². The Bertz CT molecular complexity index is 515. The second-order valence-electron chi connectivity index (χ2n) is 5.15. The molecule has 1 fully saturated rings. The fraction of sp³-hybridized carbons (Fsp3) is 0.429. The molecule has 1 aromatic carbocycles. The Morgan fingerprint density at radius 3 is 2.84 bits per heavy atom. The van der Waals surface area contributed by atoms with Crippen LogP contribution in [0.5, 0.6) is 0 Å². The molecule has 0 saturated carbocycles. The summed E-state index contributed by atoms with van der Waals surface area (Å²) in [6.07, 6.45) is 1.00. The lowest BCUT2D eigenvalue weighted by Gasteiger charge is -2.26. The van der Waals surface area contributed by atoms with Crippen LogP contribution in [0.1, 0.15) is 11.1 Å². The minimum Gasteiger partial charge on any atom is -0.336 e. The molecule has 3 amide bonds. The minimum atomic E-state index is -0.248. The lowest BCUT2D eigenvalue weighted by atomic mass is 10.00. The van der Waals surface area contributed by atoms with Crippen molar-refractivity contribution in [2.45, 2.75) is 13.0 Å². The van der Waals surface area contributed by atoms with Crippen molar-refractivity contribution < 1.29 is 14.5 Å². The number of imide groups is 1. The average molecular weight is 260 g/mol. The van der Waals surface area contributed by atoms with Crippen molar-refractivity contribution in [2.24, 2.45) is 0 Å². The molecular weight excluding hydrogens is 242 g/mol. The maximum atomic E-state index is 12.1. The van der Waals surface area contributed by atoms with Gasteiger partial charge in [-0.1, -0.05) is 24.3 Å². The van der Waals surface area contributed by atoms with Gasteiger partial charge in [0.25, 0.3) is 5.91 Å². The van der Waals surface area contributed by atoms with Gasteiger partial charge >= 0.3 is 6.03 Å². The summed E-state index contributed by atoms with van der Waals surface area (Å²) in [6, 6.07) is 8.13. The Morgan fingerprint density at radius 1 is 1.32 bits per heavy atom. The summed E-state index contributed by atoms with van der Waals surface area (Å²) in [5.41, 5.74) is 2.71. The van der Waals surface area contributed by atoms with Crippen LogP contribution in [-0.2, 0) is 17.8 Å². The second kappa shape index (κ2) is 5.01. The number of urea groups is 1. The fourth-order valence-electron chi connectivity index (χ4n) is 2.81. The molecule has 0 radical (unpaired) electrons. The van der Waals surface area contributed by atoms with Crippen molar-refractivity contribution in [3.63, 3.8) is 0 Å².